The predicted molar refractivity (Wildman–Crippen MR) is 63.6 cm³/mol. The zero-order valence-corrected chi connectivity index (χ0v) is 10.9. The van der Waals surface area contributed by atoms with Crippen LogP contribution in [0, 0.1) is 5.92 Å². The van der Waals surface area contributed by atoms with Crippen LogP contribution in [0.15, 0.2) is 0 Å². The second kappa shape index (κ2) is 6.95. The molecule has 1 heterocycles. The Bertz CT molecular complexity index is 299. The number of hydrogen-bond acceptors (Lipinski definition) is 3. The van der Waals surface area contributed by atoms with E-state index in [2.05, 4.69) is 5.32 Å². The van der Waals surface area contributed by atoms with Crippen molar-refractivity contribution in [3.8, 4) is 0 Å². The van der Waals surface area contributed by atoms with Crippen LogP contribution in [0.5, 0.6) is 0 Å². The van der Waals surface area contributed by atoms with E-state index < -0.39 is 18.1 Å². The Kier molecular flexibility index (Phi) is 5.86. The van der Waals surface area contributed by atoms with Crippen molar-refractivity contribution >= 4 is 6.03 Å². The fraction of sp³-hybridized carbons (Fsp3) is 0.909. The van der Waals surface area contributed by atoms with Gasteiger partial charge >= 0.3 is 12.2 Å². The first-order valence-corrected chi connectivity index (χ1v) is 6.20. The molecule has 0 spiro atoms. The van der Waals surface area contributed by atoms with E-state index in [0.29, 0.717) is 13.2 Å². The molecule has 1 aliphatic rings. The van der Waals surface area contributed by atoms with Gasteiger partial charge in [0, 0.05) is 32.8 Å². The van der Waals surface area contributed by atoms with Gasteiger partial charge in [-0.05, 0) is 12.8 Å². The molecule has 5 nitrogen and oxygen atoms in total. The number of ether oxygens (including phenoxy) is 1. The number of nitrogens with zero attached hydrogens (tertiary/aromatic N) is 1. The maximum Gasteiger partial charge on any atom is 0.393 e. The number of rotatable bonds is 3. The summed E-state index contributed by atoms with van der Waals surface area (Å²) in [4.78, 5) is 13.1. The lowest BCUT2D eigenvalue weighted by Crippen LogP contribution is -2.42. The SMILES string of the molecule is COCCNC(=O)N1CCC(N)C(C(F)(F)F)CC1. The fourth-order valence-electron chi connectivity index (χ4n) is 2.11. The van der Waals surface area contributed by atoms with E-state index in [-0.39, 0.29) is 32.0 Å². The van der Waals surface area contributed by atoms with Crippen LogP contribution in [0.2, 0.25) is 0 Å². The van der Waals surface area contributed by atoms with Crippen molar-refractivity contribution in [1.82, 2.24) is 10.2 Å². The summed E-state index contributed by atoms with van der Waals surface area (Å²) in [6.45, 7) is 1.01. The van der Waals surface area contributed by atoms with Crippen LogP contribution < -0.4 is 11.1 Å². The number of amides is 2. The first-order chi connectivity index (χ1) is 8.86. The molecule has 2 atom stereocenters. The minimum Gasteiger partial charge on any atom is -0.383 e. The summed E-state index contributed by atoms with van der Waals surface area (Å²) in [6.07, 6.45) is -4.30. The zero-order valence-electron chi connectivity index (χ0n) is 10.9. The third kappa shape index (κ3) is 4.87. The van der Waals surface area contributed by atoms with Gasteiger partial charge in [0.1, 0.15) is 0 Å². The van der Waals surface area contributed by atoms with Gasteiger partial charge in [0.05, 0.1) is 12.5 Å². The molecule has 0 saturated carbocycles. The number of likely N-dealkylation sites (tertiary alicyclic amines) is 1. The van der Waals surface area contributed by atoms with Gasteiger partial charge in [0.25, 0.3) is 0 Å². The van der Waals surface area contributed by atoms with Gasteiger partial charge in [-0.2, -0.15) is 13.2 Å². The lowest BCUT2D eigenvalue weighted by Gasteiger charge is -2.23. The molecular formula is C11H20F3N3O2. The zero-order chi connectivity index (χ0) is 14.5. The van der Waals surface area contributed by atoms with Gasteiger partial charge in [0.2, 0.25) is 0 Å². The first kappa shape index (κ1) is 16.0. The number of urea groups is 1. The molecule has 0 aromatic heterocycles. The summed E-state index contributed by atoms with van der Waals surface area (Å²) in [5, 5.41) is 2.59. The number of alkyl halides is 3. The number of halogens is 3. The highest BCUT2D eigenvalue weighted by molar-refractivity contribution is 5.74. The molecule has 1 aliphatic heterocycles. The molecule has 1 saturated heterocycles. The normalized spacial score (nSPS) is 25.0. The average Bonchev–Trinajstić information content (AvgIpc) is 2.50. The highest BCUT2D eigenvalue weighted by atomic mass is 19.4. The first-order valence-electron chi connectivity index (χ1n) is 6.20. The third-order valence-corrected chi connectivity index (χ3v) is 3.25. The Morgan fingerprint density at radius 2 is 2.05 bits per heavy atom. The smallest absolute Gasteiger partial charge is 0.383 e. The second-order valence-corrected chi connectivity index (χ2v) is 4.60. The van der Waals surface area contributed by atoms with Crippen LogP contribution in [0.1, 0.15) is 12.8 Å². The van der Waals surface area contributed by atoms with Crippen molar-refractivity contribution in [3.05, 3.63) is 0 Å². The van der Waals surface area contributed by atoms with Crippen molar-refractivity contribution in [2.24, 2.45) is 11.7 Å². The van der Waals surface area contributed by atoms with Crippen molar-refractivity contribution < 1.29 is 22.7 Å². The predicted octanol–water partition coefficient (Wildman–Crippen LogP) is 0.944. The summed E-state index contributed by atoms with van der Waals surface area (Å²) >= 11 is 0. The number of methoxy groups -OCH3 is 1. The second-order valence-electron chi connectivity index (χ2n) is 4.60. The van der Waals surface area contributed by atoms with E-state index in [0.717, 1.165) is 0 Å². The van der Waals surface area contributed by atoms with Crippen LogP contribution in [0.25, 0.3) is 0 Å². The summed E-state index contributed by atoms with van der Waals surface area (Å²) in [7, 11) is 1.50. The van der Waals surface area contributed by atoms with Gasteiger partial charge in [-0.3, -0.25) is 0 Å². The highest BCUT2D eigenvalue weighted by Gasteiger charge is 2.44. The number of nitrogens with two attached hydrogens (primary N) is 1. The largest absolute Gasteiger partial charge is 0.393 e. The van der Waals surface area contributed by atoms with Crippen LogP contribution in [0.3, 0.4) is 0 Å². The lowest BCUT2D eigenvalue weighted by atomic mass is 9.95. The molecule has 0 aliphatic carbocycles. The number of nitrogens with one attached hydrogen (secondary N) is 1. The van der Waals surface area contributed by atoms with E-state index in [9.17, 15) is 18.0 Å². The molecule has 0 bridgehead atoms. The van der Waals surface area contributed by atoms with Crippen molar-refractivity contribution in [3.63, 3.8) is 0 Å². The Hall–Kier alpha value is -1.02. The summed E-state index contributed by atoms with van der Waals surface area (Å²) < 4.78 is 43.0. The van der Waals surface area contributed by atoms with E-state index >= 15 is 0 Å². The molecule has 3 N–H and O–H groups in total. The van der Waals surface area contributed by atoms with Crippen LogP contribution in [-0.2, 0) is 4.74 Å². The molecule has 0 aromatic carbocycles. The quantitative estimate of drug-likeness (QED) is 0.758. The Balaban J connectivity index is 2.51. The van der Waals surface area contributed by atoms with E-state index in [1.165, 1.54) is 12.0 Å². The third-order valence-electron chi connectivity index (χ3n) is 3.25. The highest BCUT2D eigenvalue weighted by Crippen LogP contribution is 2.33. The summed E-state index contributed by atoms with van der Waals surface area (Å²) in [5.74, 6) is -1.54. The van der Waals surface area contributed by atoms with Crippen LogP contribution >= 0.6 is 0 Å². The summed E-state index contributed by atoms with van der Waals surface area (Å²) in [5.41, 5.74) is 5.55. The van der Waals surface area contributed by atoms with Gasteiger partial charge in [-0.25, -0.2) is 4.79 Å². The minimum atomic E-state index is -4.30. The molecule has 0 radical (unpaired) electrons. The number of hydrogen-bond donors (Lipinski definition) is 2. The fourth-order valence-corrected chi connectivity index (χ4v) is 2.11. The van der Waals surface area contributed by atoms with Gasteiger partial charge in [0.15, 0.2) is 0 Å². The molecular weight excluding hydrogens is 263 g/mol. The maximum absolute atomic E-state index is 12.7. The topological polar surface area (TPSA) is 67.6 Å². The van der Waals surface area contributed by atoms with Crippen molar-refractivity contribution in [2.45, 2.75) is 25.1 Å². The Morgan fingerprint density at radius 3 is 2.63 bits per heavy atom. The number of carbonyl (C=O) groups is 1. The van der Waals surface area contributed by atoms with Gasteiger partial charge in [-0.1, -0.05) is 0 Å². The molecule has 19 heavy (non-hydrogen) atoms. The molecule has 1 rings (SSSR count). The molecule has 2 amide bonds. The van der Waals surface area contributed by atoms with Crippen LogP contribution in [-0.4, -0.2) is 56.5 Å². The Labute approximate surface area is 110 Å². The maximum atomic E-state index is 12.7. The molecule has 112 valence electrons. The Morgan fingerprint density at radius 1 is 1.42 bits per heavy atom. The van der Waals surface area contributed by atoms with E-state index in [1.807, 2.05) is 0 Å². The van der Waals surface area contributed by atoms with E-state index in [1.54, 1.807) is 0 Å². The lowest BCUT2D eigenvalue weighted by molar-refractivity contribution is -0.180. The minimum absolute atomic E-state index is 0.0662. The van der Waals surface area contributed by atoms with Crippen molar-refractivity contribution in [2.75, 3.05) is 33.4 Å². The summed E-state index contributed by atoms with van der Waals surface area (Å²) in [6, 6.07) is -1.32. The molecule has 8 heteroatoms. The monoisotopic (exact) mass is 283 g/mol. The van der Waals surface area contributed by atoms with Crippen molar-refractivity contribution in [1.29, 1.82) is 0 Å². The van der Waals surface area contributed by atoms with Gasteiger partial charge < -0.3 is 20.7 Å². The van der Waals surface area contributed by atoms with Crippen LogP contribution in [0.4, 0.5) is 18.0 Å². The standard InChI is InChI=1S/C11H20F3N3O2/c1-19-7-4-16-10(18)17-5-2-8(11(12,13)14)9(15)3-6-17/h8-9H,2-7,15H2,1H3,(H,16,18). The van der Waals surface area contributed by atoms with Gasteiger partial charge in [-0.15, -0.1) is 0 Å². The average molecular weight is 283 g/mol. The molecule has 0 aromatic rings. The number of carbonyl (C=O) groups excluding carboxylic acids is 1. The molecule has 1 fully saturated rings. The van der Waals surface area contributed by atoms with E-state index in [4.69, 9.17) is 10.5 Å². The molecule has 2 unspecified atom stereocenters.